The number of piperidine rings is 1. The van der Waals surface area contributed by atoms with Crippen molar-refractivity contribution in [3.05, 3.63) is 18.0 Å². The zero-order chi connectivity index (χ0) is 16.8. The van der Waals surface area contributed by atoms with Gasteiger partial charge in [0.2, 0.25) is 5.91 Å². The maximum Gasteiger partial charge on any atom is 0.222 e. The van der Waals surface area contributed by atoms with Crippen molar-refractivity contribution in [2.45, 2.75) is 19.3 Å². The van der Waals surface area contributed by atoms with Gasteiger partial charge in [-0.3, -0.25) is 14.8 Å². The Balaban J connectivity index is 1.52. The highest BCUT2D eigenvalue weighted by Crippen LogP contribution is 2.24. The Morgan fingerprint density at radius 2 is 2.12 bits per heavy atom. The Morgan fingerprint density at radius 3 is 2.83 bits per heavy atom. The van der Waals surface area contributed by atoms with Crippen LogP contribution in [0, 0.1) is 11.8 Å². The molecule has 7 heteroatoms. The lowest BCUT2D eigenvalue weighted by molar-refractivity contribution is -0.134. The number of hydrogen-bond donors (Lipinski definition) is 2. The minimum Gasteiger partial charge on any atom is -0.396 e. The first-order valence-electron chi connectivity index (χ1n) is 8.91. The molecule has 1 aromatic heterocycles. The molecule has 7 nitrogen and oxygen atoms in total. The average molecular weight is 336 g/mol. The summed E-state index contributed by atoms with van der Waals surface area (Å²) in [6.07, 6.45) is 5.81. The normalized spacial score (nSPS) is 25.8. The van der Waals surface area contributed by atoms with Gasteiger partial charge >= 0.3 is 0 Å². The summed E-state index contributed by atoms with van der Waals surface area (Å²) in [6, 6.07) is 0. The van der Waals surface area contributed by atoms with Crippen molar-refractivity contribution in [1.82, 2.24) is 20.0 Å². The van der Waals surface area contributed by atoms with Gasteiger partial charge in [0.05, 0.1) is 19.4 Å². The molecular weight excluding hydrogens is 308 g/mol. The molecule has 0 aromatic carbocycles. The first-order chi connectivity index (χ1) is 11.7. The van der Waals surface area contributed by atoms with E-state index in [0.29, 0.717) is 25.3 Å². The van der Waals surface area contributed by atoms with Crippen LogP contribution in [0.5, 0.6) is 0 Å². The van der Waals surface area contributed by atoms with E-state index in [4.69, 9.17) is 4.74 Å². The summed E-state index contributed by atoms with van der Waals surface area (Å²) in [5.41, 5.74) is 1.06. The van der Waals surface area contributed by atoms with Crippen LogP contribution in [-0.4, -0.2) is 83.6 Å². The molecular formula is C17H28N4O3. The summed E-state index contributed by atoms with van der Waals surface area (Å²) in [5.74, 6) is 0.816. The van der Waals surface area contributed by atoms with Crippen LogP contribution in [0.4, 0.5) is 0 Å². The molecule has 2 N–H and O–H groups in total. The van der Waals surface area contributed by atoms with Crippen molar-refractivity contribution in [2.24, 2.45) is 11.8 Å². The van der Waals surface area contributed by atoms with Crippen molar-refractivity contribution in [1.29, 1.82) is 0 Å². The number of aliphatic hydroxyl groups is 1. The van der Waals surface area contributed by atoms with E-state index in [2.05, 4.69) is 15.1 Å². The third-order valence-electron chi connectivity index (χ3n) is 5.04. The van der Waals surface area contributed by atoms with Crippen LogP contribution in [0.25, 0.3) is 0 Å². The highest BCUT2D eigenvalue weighted by molar-refractivity contribution is 5.76. The summed E-state index contributed by atoms with van der Waals surface area (Å²) in [4.78, 5) is 16.9. The second-order valence-corrected chi connectivity index (χ2v) is 6.97. The fourth-order valence-electron chi connectivity index (χ4n) is 3.76. The Hall–Kier alpha value is -1.44. The molecule has 2 atom stereocenters. The zero-order valence-electron chi connectivity index (χ0n) is 14.2. The predicted molar refractivity (Wildman–Crippen MR) is 89.4 cm³/mol. The molecule has 0 bridgehead atoms. The Bertz CT molecular complexity index is 502. The number of aliphatic hydroxyl groups excluding tert-OH is 1. The van der Waals surface area contributed by atoms with E-state index in [0.717, 1.165) is 51.4 Å². The van der Waals surface area contributed by atoms with Gasteiger partial charge in [-0.05, 0) is 30.2 Å². The molecule has 0 spiro atoms. The molecule has 2 aliphatic rings. The number of aromatic amines is 1. The molecule has 0 unspecified atom stereocenters. The first-order valence-corrected chi connectivity index (χ1v) is 8.91. The predicted octanol–water partition coefficient (Wildman–Crippen LogP) is 0.132. The number of hydrogen-bond acceptors (Lipinski definition) is 5. The molecule has 3 rings (SSSR count). The maximum atomic E-state index is 12.6. The van der Waals surface area contributed by atoms with Crippen molar-refractivity contribution in [2.75, 3.05) is 52.5 Å². The number of aromatic nitrogens is 2. The van der Waals surface area contributed by atoms with Crippen LogP contribution >= 0.6 is 0 Å². The third-order valence-corrected chi connectivity index (χ3v) is 5.04. The Labute approximate surface area is 143 Å². The largest absolute Gasteiger partial charge is 0.396 e. The fourth-order valence-corrected chi connectivity index (χ4v) is 3.76. The minimum absolute atomic E-state index is 0.158. The lowest BCUT2D eigenvalue weighted by Crippen LogP contribution is -2.49. The number of morpholine rings is 1. The number of carbonyl (C=O) groups excluding carboxylic acids is 1. The number of likely N-dealkylation sites (tertiary alicyclic amines) is 1. The smallest absolute Gasteiger partial charge is 0.222 e. The van der Waals surface area contributed by atoms with E-state index in [-0.39, 0.29) is 18.4 Å². The highest BCUT2D eigenvalue weighted by atomic mass is 16.5. The molecule has 2 saturated heterocycles. The lowest BCUT2D eigenvalue weighted by atomic mass is 9.88. The lowest BCUT2D eigenvalue weighted by Gasteiger charge is -2.40. The molecule has 1 amide bonds. The molecule has 24 heavy (non-hydrogen) atoms. The van der Waals surface area contributed by atoms with Crippen molar-refractivity contribution >= 4 is 5.91 Å². The van der Waals surface area contributed by atoms with Crippen LogP contribution in [-0.2, 0) is 16.0 Å². The highest BCUT2D eigenvalue weighted by Gasteiger charge is 2.30. The molecule has 2 aliphatic heterocycles. The van der Waals surface area contributed by atoms with Gasteiger partial charge in [0, 0.05) is 51.9 Å². The van der Waals surface area contributed by atoms with E-state index < -0.39 is 0 Å². The second kappa shape index (κ2) is 8.60. The van der Waals surface area contributed by atoms with Crippen LogP contribution in [0.15, 0.2) is 12.4 Å². The second-order valence-electron chi connectivity index (χ2n) is 6.97. The monoisotopic (exact) mass is 336 g/mol. The minimum atomic E-state index is 0.158. The van der Waals surface area contributed by atoms with Crippen LogP contribution in [0.2, 0.25) is 0 Å². The summed E-state index contributed by atoms with van der Waals surface area (Å²) < 4.78 is 5.40. The van der Waals surface area contributed by atoms with Gasteiger partial charge in [-0.1, -0.05) is 0 Å². The molecule has 0 aliphatic carbocycles. The number of rotatable bonds is 6. The van der Waals surface area contributed by atoms with Gasteiger partial charge in [0.25, 0.3) is 0 Å². The molecule has 2 fully saturated rings. The number of carbonyl (C=O) groups is 1. The SMILES string of the molecule is O=C(CCc1cn[nH]c1)N1C[C@@H](CN2CCOCC2)C[C@H](CO)C1. The standard InChI is InChI=1S/C17H28N4O3/c22-13-16-7-15(10-20-3-5-24-6-4-20)11-21(12-16)17(23)2-1-14-8-18-19-9-14/h8-9,15-16,22H,1-7,10-13H2,(H,18,19)/t15-,16+/m1/s1. The molecule has 0 saturated carbocycles. The van der Waals surface area contributed by atoms with Crippen molar-refractivity contribution in [3.63, 3.8) is 0 Å². The summed E-state index contributed by atoms with van der Waals surface area (Å²) in [5, 5.41) is 16.3. The van der Waals surface area contributed by atoms with Crippen LogP contribution in [0.3, 0.4) is 0 Å². The number of nitrogens with zero attached hydrogens (tertiary/aromatic N) is 3. The third kappa shape index (κ3) is 4.78. The van der Waals surface area contributed by atoms with Crippen LogP contribution in [0.1, 0.15) is 18.4 Å². The maximum absolute atomic E-state index is 12.6. The van der Waals surface area contributed by atoms with Gasteiger partial charge in [-0.25, -0.2) is 0 Å². The van der Waals surface area contributed by atoms with E-state index >= 15 is 0 Å². The summed E-state index contributed by atoms with van der Waals surface area (Å²) in [6.45, 7) is 6.16. The fraction of sp³-hybridized carbons (Fsp3) is 0.765. The quantitative estimate of drug-likeness (QED) is 0.772. The van der Waals surface area contributed by atoms with Gasteiger partial charge in [-0.2, -0.15) is 5.10 Å². The van der Waals surface area contributed by atoms with Gasteiger partial charge in [0.15, 0.2) is 0 Å². The molecule has 0 radical (unpaired) electrons. The number of aryl methyl sites for hydroxylation is 1. The number of nitrogens with one attached hydrogen (secondary N) is 1. The van der Waals surface area contributed by atoms with E-state index in [1.807, 2.05) is 11.1 Å². The van der Waals surface area contributed by atoms with Gasteiger partial charge < -0.3 is 14.7 Å². The topological polar surface area (TPSA) is 81.7 Å². The van der Waals surface area contributed by atoms with E-state index in [1.54, 1.807) is 6.20 Å². The summed E-state index contributed by atoms with van der Waals surface area (Å²) >= 11 is 0. The van der Waals surface area contributed by atoms with Crippen molar-refractivity contribution in [3.8, 4) is 0 Å². The Morgan fingerprint density at radius 1 is 1.33 bits per heavy atom. The zero-order valence-corrected chi connectivity index (χ0v) is 14.2. The van der Waals surface area contributed by atoms with E-state index in [1.165, 1.54) is 0 Å². The first kappa shape index (κ1) is 17.4. The van der Waals surface area contributed by atoms with Crippen molar-refractivity contribution < 1.29 is 14.6 Å². The van der Waals surface area contributed by atoms with E-state index in [9.17, 15) is 9.90 Å². The molecule has 1 aromatic rings. The number of ether oxygens (including phenoxy) is 1. The van der Waals surface area contributed by atoms with Gasteiger partial charge in [0.1, 0.15) is 0 Å². The Kier molecular flexibility index (Phi) is 6.23. The number of amides is 1. The van der Waals surface area contributed by atoms with Crippen LogP contribution < -0.4 is 0 Å². The molecule has 134 valence electrons. The average Bonchev–Trinajstić information content (AvgIpc) is 3.13. The number of H-pyrrole nitrogens is 1. The van der Waals surface area contributed by atoms with Gasteiger partial charge in [-0.15, -0.1) is 0 Å². The molecule has 3 heterocycles. The summed E-state index contributed by atoms with van der Waals surface area (Å²) in [7, 11) is 0.